The van der Waals surface area contributed by atoms with Crippen LogP contribution in [-0.2, 0) is 0 Å². The first-order chi connectivity index (χ1) is 13.8. The molecule has 0 aliphatic rings. The van der Waals surface area contributed by atoms with Crippen LogP contribution in [0.2, 0.25) is 0 Å². The minimum atomic E-state index is 0.781. The second-order valence-electron chi connectivity index (χ2n) is 6.20. The van der Waals surface area contributed by atoms with Gasteiger partial charge in [0.05, 0.1) is 25.6 Å². The SMILES string of the molecule is COc1ccccc1-c1ccnc(-c2ccccn2)c1-c1ccccc1OC. The van der Waals surface area contributed by atoms with Gasteiger partial charge in [0.25, 0.3) is 0 Å². The predicted molar refractivity (Wildman–Crippen MR) is 111 cm³/mol. The highest BCUT2D eigenvalue weighted by Gasteiger charge is 2.20. The number of para-hydroxylation sites is 2. The molecule has 0 saturated carbocycles. The van der Waals surface area contributed by atoms with Crippen molar-refractivity contribution in [2.75, 3.05) is 14.2 Å². The summed E-state index contributed by atoms with van der Waals surface area (Å²) >= 11 is 0. The van der Waals surface area contributed by atoms with Crippen molar-refractivity contribution in [3.05, 3.63) is 85.2 Å². The fraction of sp³-hybridized carbons (Fsp3) is 0.0833. The highest BCUT2D eigenvalue weighted by molar-refractivity contribution is 5.95. The van der Waals surface area contributed by atoms with Crippen LogP contribution in [0, 0.1) is 0 Å². The third-order valence-electron chi connectivity index (χ3n) is 4.63. The maximum atomic E-state index is 5.66. The van der Waals surface area contributed by atoms with Crippen LogP contribution in [0.3, 0.4) is 0 Å². The molecule has 2 heterocycles. The van der Waals surface area contributed by atoms with E-state index in [1.165, 1.54) is 0 Å². The lowest BCUT2D eigenvalue weighted by molar-refractivity contribution is 0.416. The van der Waals surface area contributed by atoms with E-state index in [1.807, 2.05) is 72.9 Å². The minimum Gasteiger partial charge on any atom is -0.496 e. The standard InChI is InChI=1S/C24H20N2O2/c1-27-21-12-5-3-9-17(21)18-14-16-26-24(20-11-7-8-15-25-20)23(18)19-10-4-6-13-22(19)28-2/h3-16H,1-2H3. The Kier molecular flexibility index (Phi) is 5.02. The Morgan fingerprint density at radius 2 is 1.21 bits per heavy atom. The molecule has 0 fully saturated rings. The van der Waals surface area contributed by atoms with E-state index in [0.29, 0.717) is 0 Å². The van der Waals surface area contributed by atoms with Crippen LogP contribution in [-0.4, -0.2) is 24.2 Å². The van der Waals surface area contributed by atoms with Gasteiger partial charge in [0.1, 0.15) is 11.5 Å². The Hall–Kier alpha value is -3.66. The maximum absolute atomic E-state index is 5.66. The first-order valence-electron chi connectivity index (χ1n) is 9.00. The zero-order valence-electron chi connectivity index (χ0n) is 15.8. The number of pyridine rings is 2. The second kappa shape index (κ2) is 7.92. The van der Waals surface area contributed by atoms with Crippen LogP contribution in [0.15, 0.2) is 85.2 Å². The summed E-state index contributed by atoms with van der Waals surface area (Å²) in [5.41, 5.74) is 5.53. The van der Waals surface area contributed by atoms with E-state index >= 15 is 0 Å². The van der Waals surface area contributed by atoms with Gasteiger partial charge in [0, 0.05) is 29.1 Å². The van der Waals surface area contributed by atoms with Crippen molar-refractivity contribution in [1.82, 2.24) is 9.97 Å². The van der Waals surface area contributed by atoms with Gasteiger partial charge in [-0.3, -0.25) is 9.97 Å². The van der Waals surface area contributed by atoms with Gasteiger partial charge in [-0.25, -0.2) is 0 Å². The molecule has 4 rings (SSSR count). The number of aromatic nitrogens is 2. The van der Waals surface area contributed by atoms with Crippen molar-refractivity contribution >= 4 is 0 Å². The van der Waals surface area contributed by atoms with Gasteiger partial charge in [-0.2, -0.15) is 0 Å². The number of ether oxygens (including phenoxy) is 2. The van der Waals surface area contributed by atoms with Crippen molar-refractivity contribution < 1.29 is 9.47 Å². The molecule has 4 heteroatoms. The molecule has 0 bridgehead atoms. The van der Waals surface area contributed by atoms with Crippen molar-refractivity contribution in [3.8, 4) is 45.1 Å². The molecule has 0 aliphatic heterocycles. The molecule has 0 N–H and O–H groups in total. The summed E-state index contributed by atoms with van der Waals surface area (Å²) in [5, 5.41) is 0. The second-order valence-corrected chi connectivity index (χ2v) is 6.20. The molecule has 0 spiro atoms. The molecule has 0 unspecified atom stereocenters. The van der Waals surface area contributed by atoms with E-state index in [2.05, 4.69) is 16.0 Å². The fourth-order valence-electron chi connectivity index (χ4n) is 3.37. The van der Waals surface area contributed by atoms with Crippen LogP contribution < -0.4 is 9.47 Å². The predicted octanol–water partition coefficient (Wildman–Crippen LogP) is 5.49. The quantitative estimate of drug-likeness (QED) is 0.467. The third-order valence-corrected chi connectivity index (χ3v) is 4.63. The number of methoxy groups -OCH3 is 2. The van der Waals surface area contributed by atoms with Crippen molar-refractivity contribution in [2.24, 2.45) is 0 Å². The lowest BCUT2D eigenvalue weighted by atomic mass is 9.91. The molecular formula is C24H20N2O2. The first kappa shape index (κ1) is 17.7. The Balaban J connectivity index is 2.08. The molecule has 0 atom stereocenters. The summed E-state index contributed by atoms with van der Waals surface area (Å²) in [7, 11) is 3.36. The van der Waals surface area contributed by atoms with Crippen LogP contribution in [0.25, 0.3) is 33.6 Å². The lowest BCUT2D eigenvalue weighted by Gasteiger charge is -2.18. The Labute approximate surface area is 164 Å². The monoisotopic (exact) mass is 368 g/mol. The van der Waals surface area contributed by atoms with Crippen LogP contribution in [0.1, 0.15) is 0 Å². The third kappa shape index (κ3) is 3.21. The number of hydrogen-bond acceptors (Lipinski definition) is 4. The molecule has 2 aromatic carbocycles. The van der Waals surface area contributed by atoms with E-state index in [9.17, 15) is 0 Å². The van der Waals surface area contributed by atoms with E-state index in [1.54, 1.807) is 20.4 Å². The molecule has 28 heavy (non-hydrogen) atoms. The average molecular weight is 368 g/mol. The molecule has 0 amide bonds. The lowest BCUT2D eigenvalue weighted by Crippen LogP contribution is -1.98. The van der Waals surface area contributed by atoms with Gasteiger partial charge >= 0.3 is 0 Å². The topological polar surface area (TPSA) is 44.2 Å². The average Bonchev–Trinajstić information content (AvgIpc) is 2.79. The summed E-state index contributed by atoms with van der Waals surface area (Å²) < 4.78 is 11.3. The van der Waals surface area contributed by atoms with Crippen molar-refractivity contribution in [1.29, 1.82) is 0 Å². The molecule has 0 radical (unpaired) electrons. The number of rotatable bonds is 5. The van der Waals surface area contributed by atoms with E-state index in [-0.39, 0.29) is 0 Å². The normalized spacial score (nSPS) is 10.5. The smallest absolute Gasteiger partial charge is 0.126 e. The van der Waals surface area contributed by atoms with Crippen molar-refractivity contribution in [3.63, 3.8) is 0 Å². The minimum absolute atomic E-state index is 0.781. The molecule has 4 nitrogen and oxygen atoms in total. The highest BCUT2D eigenvalue weighted by Crippen LogP contribution is 2.44. The summed E-state index contributed by atoms with van der Waals surface area (Å²) in [4.78, 5) is 9.22. The fourth-order valence-corrected chi connectivity index (χ4v) is 3.37. The Bertz CT molecular complexity index is 1090. The molecule has 4 aromatic rings. The first-order valence-corrected chi connectivity index (χ1v) is 9.00. The van der Waals surface area contributed by atoms with E-state index in [4.69, 9.17) is 9.47 Å². The zero-order chi connectivity index (χ0) is 19.3. The zero-order valence-corrected chi connectivity index (χ0v) is 15.8. The van der Waals surface area contributed by atoms with Gasteiger partial charge < -0.3 is 9.47 Å². The van der Waals surface area contributed by atoms with Crippen molar-refractivity contribution in [2.45, 2.75) is 0 Å². The molecule has 0 saturated heterocycles. The van der Waals surface area contributed by atoms with Crippen LogP contribution in [0.5, 0.6) is 11.5 Å². The van der Waals surface area contributed by atoms with E-state index < -0.39 is 0 Å². The Morgan fingerprint density at radius 1 is 0.571 bits per heavy atom. The molecule has 0 aliphatic carbocycles. The summed E-state index contributed by atoms with van der Waals surface area (Å²) in [6.45, 7) is 0. The molecule has 2 aromatic heterocycles. The number of benzene rings is 2. The van der Waals surface area contributed by atoms with Gasteiger partial charge in [0.15, 0.2) is 0 Å². The van der Waals surface area contributed by atoms with Crippen LogP contribution >= 0.6 is 0 Å². The van der Waals surface area contributed by atoms with Gasteiger partial charge in [-0.1, -0.05) is 42.5 Å². The molecular weight excluding hydrogens is 348 g/mol. The summed E-state index contributed by atoms with van der Waals surface area (Å²) in [6.07, 6.45) is 3.59. The van der Waals surface area contributed by atoms with Gasteiger partial charge in [-0.05, 0) is 35.9 Å². The number of nitrogens with zero attached hydrogens (tertiary/aromatic N) is 2. The summed E-state index contributed by atoms with van der Waals surface area (Å²) in [6, 6.07) is 23.8. The van der Waals surface area contributed by atoms with E-state index in [0.717, 1.165) is 45.1 Å². The van der Waals surface area contributed by atoms with Gasteiger partial charge in [-0.15, -0.1) is 0 Å². The largest absolute Gasteiger partial charge is 0.496 e. The van der Waals surface area contributed by atoms with Gasteiger partial charge in [0.2, 0.25) is 0 Å². The number of hydrogen-bond donors (Lipinski definition) is 0. The maximum Gasteiger partial charge on any atom is 0.126 e. The van der Waals surface area contributed by atoms with Crippen LogP contribution in [0.4, 0.5) is 0 Å². The Morgan fingerprint density at radius 3 is 1.89 bits per heavy atom. The summed E-state index contributed by atoms with van der Waals surface area (Å²) in [5.74, 6) is 1.58. The highest BCUT2D eigenvalue weighted by atomic mass is 16.5. The molecule has 138 valence electrons.